The smallest absolute Gasteiger partial charge is 0.372 e. The van der Waals surface area contributed by atoms with Gasteiger partial charge in [-0.15, -0.1) is 6.58 Å². The molecule has 0 bridgehead atoms. The van der Waals surface area contributed by atoms with Crippen molar-refractivity contribution < 1.29 is 19.2 Å². The van der Waals surface area contributed by atoms with E-state index in [-0.39, 0.29) is 0 Å². The summed E-state index contributed by atoms with van der Waals surface area (Å²) < 4.78 is 8.88. The Morgan fingerprint density at radius 3 is 2.46 bits per heavy atom. The fourth-order valence-electron chi connectivity index (χ4n) is 0.720. The third-order valence-electron chi connectivity index (χ3n) is 1.08. The Hall–Kier alpha value is -0.680. The molecule has 1 heterocycles. The average molecular weight is 208 g/mol. The van der Waals surface area contributed by atoms with Crippen LogP contribution < -0.4 is 5.32 Å². The summed E-state index contributed by atoms with van der Waals surface area (Å²) in [6.07, 6.45) is 2.75. The molecule has 13 heavy (non-hydrogen) atoms. The normalized spacial score (nSPS) is 15.2. The van der Waals surface area contributed by atoms with Gasteiger partial charge >= 0.3 is 7.82 Å². The second-order valence-corrected chi connectivity index (χ2v) is 3.29. The summed E-state index contributed by atoms with van der Waals surface area (Å²) in [4.78, 5) is 25.7. The molecule has 0 atom stereocenters. The highest BCUT2D eigenvalue weighted by atomic mass is 31.2. The Morgan fingerprint density at radius 1 is 1.62 bits per heavy atom. The van der Waals surface area contributed by atoms with E-state index >= 15 is 0 Å². The van der Waals surface area contributed by atoms with Gasteiger partial charge in [0.25, 0.3) is 0 Å². The van der Waals surface area contributed by atoms with Crippen LogP contribution in [0.3, 0.4) is 0 Å². The van der Waals surface area contributed by atoms with Gasteiger partial charge in [-0.2, -0.15) is 0 Å². The van der Waals surface area contributed by atoms with E-state index in [4.69, 9.17) is 19.2 Å². The lowest BCUT2D eigenvalue weighted by Gasteiger charge is -1.93. The minimum Gasteiger partial charge on any atom is -0.372 e. The molecule has 1 aliphatic heterocycles. The molecule has 1 rings (SSSR count). The largest absolute Gasteiger partial charge is 0.466 e. The first-order chi connectivity index (χ1) is 5.93. The monoisotopic (exact) mass is 208 g/mol. The third kappa shape index (κ3) is 11.3. The quantitative estimate of drug-likeness (QED) is 0.366. The van der Waals surface area contributed by atoms with Gasteiger partial charge in [-0.05, 0) is 0 Å². The highest BCUT2D eigenvalue weighted by molar-refractivity contribution is 7.45. The number of aliphatic imine (C=N–C) groups is 1. The van der Waals surface area contributed by atoms with Crippen molar-refractivity contribution >= 4 is 13.7 Å². The fraction of sp³-hybridized carbons (Fsp3) is 0.500. The molecule has 0 saturated heterocycles. The van der Waals surface area contributed by atoms with Crippen molar-refractivity contribution in [2.45, 2.75) is 6.42 Å². The number of phosphoric acid groups is 1. The van der Waals surface area contributed by atoms with Gasteiger partial charge in [-0.1, -0.05) is 6.08 Å². The molecule has 0 aromatic rings. The topological polar surface area (TPSA) is 102 Å². The van der Waals surface area contributed by atoms with Crippen LogP contribution in [0.15, 0.2) is 17.6 Å². The predicted octanol–water partition coefficient (Wildman–Crippen LogP) is -0.364. The van der Waals surface area contributed by atoms with E-state index in [0.29, 0.717) is 0 Å². The fourth-order valence-corrected chi connectivity index (χ4v) is 0.720. The Morgan fingerprint density at radius 2 is 2.15 bits per heavy atom. The van der Waals surface area contributed by atoms with Crippen molar-refractivity contribution in [1.29, 1.82) is 0 Å². The van der Waals surface area contributed by atoms with Gasteiger partial charge < -0.3 is 20.0 Å². The van der Waals surface area contributed by atoms with Gasteiger partial charge in [0, 0.05) is 13.0 Å². The third-order valence-corrected chi connectivity index (χ3v) is 1.08. The highest BCUT2D eigenvalue weighted by Gasteiger charge is 2.00. The summed E-state index contributed by atoms with van der Waals surface area (Å²) in [5.74, 6) is 1.08. The van der Waals surface area contributed by atoms with Gasteiger partial charge in [-0.3, -0.25) is 4.99 Å². The SMILES string of the molecule is C=CCC1=NCCN1.O=P(O)(O)O. The van der Waals surface area contributed by atoms with Crippen molar-refractivity contribution in [3.05, 3.63) is 12.7 Å². The predicted molar refractivity (Wildman–Crippen MR) is 49.4 cm³/mol. The molecule has 1 aliphatic rings. The minimum absolute atomic E-state index is 0.889. The molecule has 0 saturated carbocycles. The van der Waals surface area contributed by atoms with Crippen LogP contribution in [-0.2, 0) is 4.57 Å². The zero-order chi connectivity index (χ0) is 10.3. The van der Waals surface area contributed by atoms with Crippen molar-refractivity contribution in [2.24, 2.45) is 4.99 Å². The van der Waals surface area contributed by atoms with Gasteiger partial charge in [-0.25, -0.2) is 4.57 Å². The summed E-state index contributed by atoms with van der Waals surface area (Å²) in [6.45, 7) is 5.54. The van der Waals surface area contributed by atoms with E-state index in [1.165, 1.54) is 0 Å². The molecule has 0 aromatic carbocycles. The van der Waals surface area contributed by atoms with Crippen LogP contribution in [-0.4, -0.2) is 33.6 Å². The molecular weight excluding hydrogens is 195 g/mol. The number of amidine groups is 1. The van der Waals surface area contributed by atoms with E-state index < -0.39 is 7.82 Å². The second kappa shape index (κ2) is 5.88. The van der Waals surface area contributed by atoms with Crippen LogP contribution in [0.2, 0.25) is 0 Å². The maximum Gasteiger partial charge on any atom is 0.466 e. The van der Waals surface area contributed by atoms with Crippen molar-refractivity contribution in [1.82, 2.24) is 5.32 Å². The standard InChI is InChI=1S/C6H10N2.H3O4P/c1-2-3-6-7-4-5-8-6;1-5(2,3)4/h2H,1,3-5H2,(H,7,8);(H3,1,2,3,4). The summed E-state index contributed by atoms with van der Waals surface area (Å²) in [7, 11) is -4.64. The number of hydrogen-bond acceptors (Lipinski definition) is 3. The minimum atomic E-state index is -4.64. The molecule has 0 radical (unpaired) electrons. The van der Waals surface area contributed by atoms with Crippen molar-refractivity contribution in [2.75, 3.05) is 13.1 Å². The summed E-state index contributed by atoms with van der Waals surface area (Å²) in [5, 5.41) is 3.14. The summed E-state index contributed by atoms with van der Waals surface area (Å²) in [6, 6.07) is 0. The Labute approximate surface area is 76.3 Å². The van der Waals surface area contributed by atoms with E-state index in [1.807, 2.05) is 6.08 Å². The molecule has 7 heteroatoms. The van der Waals surface area contributed by atoms with Gasteiger partial charge in [0.05, 0.1) is 6.54 Å². The van der Waals surface area contributed by atoms with E-state index in [9.17, 15) is 0 Å². The van der Waals surface area contributed by atoms with E-state index in [2.05, 4.69) is 16.9 Å². The Balaban J connectivity index is 0.000000252. The molecular formula is C6H13N2O4P. The Bertz CT molecular complexity index is 227. The maximum absolute atomic E-state index is 8.88. The number of nitrogens with zero attached hydrogens (tertiary/aromatic N) is 1. The number of nitrogens with one attached hydrogen (secondary N) is 1. The lowest BCUT2D eigenvalue weighted by Crippen LogP contribution is -2.17. The average Bonchev–Trinajstić information content (AvgIpc) is 2.36. The van der Waals surface area contributed by atoms with Gasteiger partial charge in [0.1, 0.15) is 5.84 Å². The molecule has 0 unspecified atom stereocenters. The molecule has 76 valence electrons. The zero-order valence-electron chi connectivity index (χ0n) is 7.05. The van der Waals surface area contributed by atoms with Crippen molar-refractivity contribution in [3.8, 4) is 0 Å². The first kappa shape index (κ1) is 12.3. The second-order valence-electron chi connectivity index (χ2n) is 2.26. The first-order valence-electron chi connectivity index (χ1n) is 3.60. The Kier molecular flexibility index (Phi) is 5.57. The van der Waals surface area contributed by atoms with Crippen molar-refractivity contribution in [3.63, 3.8) is 0 Å². The molecule has 4 N–H and O–H groups in total. The molecule has 6 nitrogen and oxygen atoms in total. The first-order valence-corrected chi connectivity index (χ1v) is 5.16. The molecule has 0 spiro atoms. The van der Waals surface area contributed by atoms with Crippen LogP contribution in [0.5, 0.6) is 0 Å². The van der Waals surface area contributed by atoms with Gasteiger partial charge in [0.2, 0.25) is 0 Å². The number of rotatable bonds is 2. The molecule has 0 aliphatic carbocycles. The maximum atomic E-state index is 8.88. The van der Waals surface area contributed by atoms with Gasteiger partial charge in [0.15, 0.2) is 0 Å². The van der Waals surface area contributed by atoms with Crippen LogP contribution >= 0.6 is 7.82 Å². The van der Waals surface area contributed by atoms with Crippen LogP contribution in [0.4, 0.5) is 0 Å². The summed E-state index contributed by atoms with van der Waals surface area (Å²) >= 11 is 0. The molecule has 0 aromatic heterocycles. The highest BCUT2D eigenvalue weighted by Crippen LogP contribution is 2.25. The van der Waals surface area contributed by atoms with E-state index in [0.717, 1.165) is 25.3 Å². The lowest BCUT2D eigenvalue weighted by molar-refractivity contribution is 0.275. The lowest BCUT2D eigenvalue weighted by atomic mass is 10.4. The molecule has 0 fully saturated rings. The van der Waals surface area contributed by atoms with E-state index in [1.54, 1.807) is 0 Å². The molecule has 0 amide bonds. The van der Waals surface area contributed by atoms with Crippen LogP contribution in [0.1, 0.15) is 6.42 Å². The number of hydrogen-bond donors (Lipinski definition) is 4. The van der Waals surface area contributed by atoms with Crippen LogP contribution in [0, 0.1) is 0 Å². The zero-order valence-corrected chi connectivity index (χ0v) is 7.94. The van der Waals surface area contributed by atoms with Crippen LogP contribution in [0.25, 0.3) is 0 Å². The summed E-state index contributed by atoms with van der Waals surface area (Å²) in [5.41, 5.74) is 0.